The molecule has 0 saturated carbocycles. The van der Waals surface area contributed by atoms with Crippen LogP contribution in [0.5, 0.6) is 0 Å². The van der Waals surface area contributed by atoms with Gasteiger partial charge in [-0.05, 0) is 35.2 Å². The van der Waals surface area contributed by atoms with Gasteiger partial charge in [0.05, 0.1) is 17.6 Å². The van der Waals surface area contributed by atoms with Crippen LogP contribution < -0.4 is 0 Å². The summed E-state index contributed by atoms with van der Waals surface area (Å²) in [5.41, 5.74) is 3.34. The van der Waals surface area contributed by atoms with Gasteiger partial charge in [0.15, 0.2) is 0 Å². The highest BCUT2D eigenvalue weighted by Gasteiger charge is 2.48. The van der Waals surface area contributed by atoms with E-state index in [9.17, 15) is 4.79 Å². The first kappa shape index (κ1) is 16.8. The summed E-state index contributed by atoms with van der Waals surface area (Å²) in [4.78, 5) is 25.1. The molecular weight excluding hydrogens is 336 g/mol. The fourth-order valence-electron chi connectivity index (χ4n) is 4.27. The molecule has 0 unspecified atom stereocenters. The predicted octanol–water partition coefficient (Wildman–Crippen LogP) is 1.99. The number of methoxy groups -OCH3 is 1. The van der Waals surface area contributed by atoms with E-state index in [-0.39, 0.29) is 18.1 Å². The van der Waals surface area contributed by atoms with Crippen molar-refractivity contribution in [2.45, 2.75) is 31.3 Å². The summed E-state index contributed by atoms with van der Waals surface area (Å²) in [7, 11) is 1.58. The molecule has 134 valence electrons. The minimum absolute atomic E-state index is 0.0717. The number of H-pyrrole nitrogens is 1. The molecule has 1 fully saturated rings. The number of rotatable bonds is 4. The number of fused-ring (bicyclic) bond motifs is 2. The summed E-state index contributed by atoms with van der Waals surface area (Å²) in [5.74, 6) is 0.0717. The number of ether oxygens (including phenoxy) is 1. The summed E-state index contributed by atoms with van der Waals surface area (Å²) in [6.45, 7) is 3.80. The maximum Gasteiger partial charge on any atom is 0.249 e. The Kier molecular flexibility index (Phi) is 4.62. The lowest BCUT2D eigenvalue weighted by Gasteiger charge is -2.50. The molecule has 0 bridgehead atoms. The Morgan fingerprint density at radius 2 is 2.24 bits per heavy atom. The van der Waals surface area contributed by atoms with E-state index >= 15 is 0 Å². The van der Waals surface area contributed by atoms with E-state index in [1.165, 1.54) is 11.3 Å². The first-order valence-corrected chi connectivity index (χ1v) is 9.73. The van der Waals surface area contributed by atoms with Crippen molar-refractivity contribution < 1.29 is 9.53 Å². The Bertz CT molecular complexity index is 719. The fourth-order valence-corrected chi connectivity index (χ4v) is 4.93. The minimum Gasteiger partial charge on any atom is -0.375 e. The number of carbonyl (C=O) groups is 1. The topological polar surface area (TPSA) is 61.5 Å². The summed E-state index contributed by atoms with van der Waals surface area (Å²) in [6, 6.07) is 2.19. The summed E-state index contributed by atoms with van der Waals surface area (Å²) < 4.78 is 5.12. The van der Waals surface area contributed by atoms with Crippen LogP contribution in [0.25, 0.3) is 0 Å². The van der Waals surface area contributed by atoms with E-state index in [0.29, 0.717) is 0 Å². The molecule has 4 rings (SSSR count). The van der Waals surface area contributed by atoms with Crippen molar-refractivity contribution in [3.63, 3.8) is 0 Å². The molecule has 25 heavy (non-hydrogen) atoms. The van der Waals surface area contributed by atoms with Crippen LogP contribution in [-0.4, -0.2) is 59.0 Å². The number of amides is 1. The molecule has 7 heteroatoms. The van der Waals surface area contributed by atoms with Gasteiger partial charge in [0.25, 0.3) is 0 Å². The van der Waals surface area contributed by atoms with Gasteiger partial charge < -0.3 is 14.6 Å². The zero-order chi connectivity index (χ0) is 17.3. The van der Waals surface area contributed by atoms with Crippen molar-refractivity contribution in [1.29, 1.82) is 0 Å². The van der Waals surface area contributed by atoms with Crippen LogP contribution in [0.2, 0.25) is 0 Å². The van der Waals surface area contributed by atoms with Crippen molar-refractivity contribution in [3.05, 3.63) is 40.1 Å². The van der Waals surface area contributed by atoms with Crippen molar-refractivity contribution >= 4 is 17.2 Å². The number of likely N-dealkylation sites (tertiary alicyclic amines) is 1. The average Bonchev–Trinajstić information content (AvgIpc) is 3.29. The van der Waals surface area contributed by atoms with Gasteiger partial charge >= 0.3 is 0 Å². The van der Waals surface area contributed by atoms with Crippen LogP contribution in [-0.2, 0) is 28.0 Å². The van der Waals surface area contributed by atoms with Crippen LogP contribution >= 0.6 is 11.3 Å². The number of imidazole rings is 1. The molecule has 0 aliphatic carbocycles. The van der Waals surface area contributed by atoms with Crippen LogP contribution in [0.1, 0.15) is 29.8 Å². The molecule has 0 aromatic carbocycles. The van der Waals surface area contributed by atoms with Gasteiger partial charge in [-0.15, -0.1) is 0 Å². The molecular formula is C18H24N4O2S. The number of nitrogens with zero attached hydrogens (tertiary/aromatic N) is 3. The molecule has 1 saturated heterocycles. The van der Waals surface area contributed by atoms with Crippen molar-refractivity contribution in [2.24, 2.45) is 0 Å². The Hall–Kier alpha value is -1.70. The number of carbonyl (C=O) groups excluding carboxylic acids is 1. The summed E-state index contributed by atoms with van der Waals surface area (Å²) in [6.07, 6.45) is 4.45. The number of nitrogens with one attached hydrogen (secondary N) is 1. The predicted molar refractivity (Wildman–Crippen MR) is 96.4 cm³/mol. The van der Waals surface area contributed by atoms with E-state index in [2.05, 4.69) is 31.7 Å². The highest BCUT2D eigenvalue weighted by molar-refractivity contribution is 7.07. The Labute approximate surface area is 151 Å². The smallest absolute Gasteiger partial charge is 0.249 e. The number of aromatic nitrogens is 2. The van der Waals surface area contributed by atoms with Crippen LogP contribution in [0.3, 0.4) is 0 Å². The van der Waals surface area contributed by atoms with Gasteiger partial charge in [-0.25, -0.2) is 4.98 Å². The van der Waals surface area contributed by atoms with Crippen LogP contribution in [0, 0.1) is 0 Å². The van der Waals surface area contributed by atoms with Crippen LogP contribution in [0.4, 0.5) is 0 Å². The molecule has 2 aromatic heterocycles. The molecule has 1 spiro atoms. The quantitative estimate of drug-likeness (QED) is 0.906. The molecule has 1 N–H and O–H groups in total. The standard InChI is InChI=1S/C18H24N4O2S/c1-24-11-16(23)22-6-2-15-17(20-13-19-15)18(22)4-7-21(8-5-18)10-14-3-9-25-12-14/h3,9,12-13H,2,4-8,10-11H2,1H3,(H,19,20). The Morgan fingerprint density at radius 1 is 1.40 bits per heavy atom. The van der Waals surface area contributed by atoms with E-state index < -0.39 is 0 Å². The summed E-state index contributed by atoms with van der Waals surface area (Å²) in [5, 5.41) is 4.34. The number of aromatic amines is 1. The summed E-state index contributed by atoms with van der Waals surface area (Å²) >= 11 is 1.74. The highest BCUT2D eigenvalue weighted by atomic mass is 32.1. The zero-order valence-electron chi connectivity index (χ0n) is 14.5. The maximum atomic E-state index is 12.7. The van der Waals surface area contributed by atoms with Gasteiger partial charge in [-0.2, -0.15) is 11.3 Å². The van der Waals surface area contributed by atoms with Gasteiger partial charge in [-0.1, -0.05) is 0 Å². The third-order valence-electron chi connectivity index (χ3n) is 5.50. The van der Waals surface area contributed by atoms with Crippen molar-refractivity contribution in [2.75, 3.05) is 33.4 Å². The zero-order valence-corrected chi connectivity index (χ0v) is 15.3. The fraction of sp³-hybridized carbons (Fsp3) is 0.556. The monoisotopic (exact) mass is 360 g/mol. The van der Waals surface area contributed by atoms with E-state index in [0.717, 1.165) is 51.1 Å². The lowest BCUT2D eigenvalue weighted by atomic mass is 9.78. The second kappa shape index (κ2) is 6.90. The van der Waals surface area contributed by atoms with Gasteiger partial charge in [0, 0.05) is 45.4 Å². The lowest BCUT2D eigenvalue weighted by molar-refractivity contribution is -0.146. The number of piperidine rings is 1. The van der Waals surface area contributed by atoms with Crippen molar-refractivity contribution in [1.82, 2.24) is 19.8 Å². The molecule has 2 aliphatic heterocycles. The minimum atomic E-state index is -0.283. The number of hydrogen-bond acceptors (Lipinski definition) is 5. The molecule has 4 heterocycles. The average molecular weight is 360 g/mol. The highest BCUT2D eigenvalue weighted by Crippen LogP contribution is 2.42. The second-order valence-corrected chi connectivity index (χ2v) is 7.68. The van der Waals surface area contributed by atoms with E-state index in [4.69, 9.17) is 4.74 Å². The molecule has 2 aliphatic rings. The first-order chi connectivity index (χ1) is 12.2. The molecule has 0 atom stereocenters. The van der Waals surface area contributed by atoms with Crippen LogP contribution in [0.15, 0.2) is 23.2 Å². The van der Waals surface area contributed by atoms with Gasteiger partial charge in [0.1, 0.15) is 6.61 Å². The molecule has 0 radical (unpaired) electrons. The SMILES string of the molecule is COCC(=O)N1CCc2[nH]cnc2C12CCN(Cc1ccsc1)CC2. The van der Waals surface area contributed by atoms with Crippen molar-refractivity contribution in [3.8, 4) is 0 Å². The molecule has 2 aromatic rings. The third-order valence-corrected chi connectivity index (χ3v) is 6.23. The van der Waals surface area contributed by atoms with Gasteiger partial charge in [-0.3, -0.25) is 9.69 Å². The van der Waals surface area contributed by atoms with E-state index in [1.807, 2.05) is 4.90 Å². The normalized spacial score (nSPS) is 20.0. The maximum absolute atomic E-state index is 12.7. The Morgan fingerprint density at radius 3 is 2.96 bits per heavy atom. The first-order valence-electron chi connectivity index (χ1n) is 8.78. The molecule has 1 amide bonds. The third kappa shape index (κ3) is 3.01. The number of thiophene rings is 1. The lowest BCUT2D eigenvalue weighted by Crippen LogP contribution is -2.58. The second-order valence-electron chi connectivity index (χ2n) is 6.90. The van der Waals surface area contributed by atoms with E-state index in [1.54, 1.807) is 24.8 Å². The Balaban J connectivity index is 1.56. The number of hydrogen-bond donors (Lipinski definition) is 1. The van der Waals surface area contributed by atoms with Gasteiger partial charge in [0.2, 0.25) is 5.91 Å². The molecule has 6 nitrogen and oxygen atoms in total. The largest absolute Gasteiger partial charge is 0.375 e.